The van der Waals surface area contributed by atoms with Crippen molar-refractivity contribution in [1.82, 2.24) is 0 Å². The molecule has 2 nitrogen and oxygen atoms in total. The topological polar surface area (TPSA) is 29.5 Å². The van der Waals surface area contributed by atoms with Crippen LogP contribution in [0.4, 0.5) is 0 Å². The van der Waals surface area contributed by atoms with Crippen LogP contribution in [-0.4, -0.2) is 11.7 Å². The van der Waals surface area contributed by atoms with Crippen molar-refractivity contribution in [3.63, 3.8) is 0 Å². The second-order valence-electron chi connectivity index (χ2n) is 4.18. The number of hydrogen-bond donors (Lipinski definition) is 1. The van der Waals surface area contributed by atoms with E-state index in [9.17, 15) is 5.11 Å². The average molecular weight is 262 g/mol. The van der Waals surface area contributed by atoms with Gasteiger partial charge in [-0.15, -0.1) is 11.3 Å². The first-order chi connectivity index (χ1) is 8.72. The van der Waals surface area contributed by atoms with E-state index in [4.69, 9.17) is 4.74 Å². The lowest BCUT2D eigenvalue weighted by Gasteiger charge is -2.22. The first kappa shape index (κ1) is 13.3. The van der Waals surface area contributed by atoms with Crippen LogP contribution >= 0.6 is 11.3 Å². The van der Waals surface area contributed by atoms with E-state index in [2.05, 4.69) is 0 Å². The monoisotopic (exact) mass is 262 g/mol. The molecule has 1 aromatic heterocycles. The highest BCUT2D eigenvalue weighted by atomic mass is 32.1. The van der Waals surface area contributed by atoms with E-state index in [1.165, 1.54) is 4.88 Å². The molecule has 2 rings (SSSR count). The fourth-order valence-electron chi connectivity index (χ4n) is 1.95. The maximum absolute atomic E-state index is 10.5. The zero-order valence-electron chi connectivity index (χ0n) is 10.7. The molecule has 0 amide bonds. The minimum Gasteiger partial charge on any atom is -0.384 e. The Morgan fingerprint density at radius 1 is 1.17 bits per heavy atom. The molecule has 0 spiro atoms. The van der Waals surface area contributed by atoms with Gasteiger partial charge >= 0.3 is 0 Å². The molecule has 2 unspecified atom stereocenters. The van der Waals surface area contributed by atoms with Crippen molar-refractivity contribution < 1.29 is 9.84 Å². The van der Waals surface area contributed by atoms with Gasteiger partial charge in [0.25, 0.3) is 0 Å². The lowest BCUT2D eigenvalue weighted by molar-refractivity contribution is -0.0345. The normalized spacial score (nSPS) is 14.4. The van der Waals surface area contributed by atoms with Gasteiger partial charge in [0.1, 0.15) is 12.2 Å². The molecule has 18 heavy (non-hydrogen) atoms. The Hall–Kier alpha value is -1.16. The van der Waals surface area contributed by atoms with Gasteiger partial charge in [0.05, 0.1) is 0 Å². The molecule has 0 radical (unpaired) electrons. The van der Waals surface area contributed by atoms with Gasteiger partial charge in [-0.1, -0.05) is 30.3 Å². The third-order valence-corrected chi connectivity index (χ3v) is 3.89. The molecule has 0 aliphatic rings. The van der Waals surface area contributed by atoms with Gasteiger partial charge in [-0.3, -0.25) is 0 Å². The summed E-state index contributed by atoms with van der Waals surface area (Å²) in [5.74, 6) is 0. The molecule has 2 atom stereocenters. The van der Waals surface area contributed by atoms with Gasteiger partial charge in [0.2, 0.25) is 0 Å². The van der Waals surface area contributed by atoms with Crippen LogP contribution in [-0.2, 0) is 4.74 Å². The second kappa shape index (κ2) is 6.14. The van der Waals surface area contributed by atoms with Crippen molar-refractivity contribution in [3.05, 3.63) is 57.8 Å². The van der Waals surface area contributed by atoms with E-state index >= 15 is 0 Å². The number of ether oxygens (including phenoxy) is 1. The van der Waals surface area contributed by atoms with Crippen LogP contribution in [0.15, 0.2) is 42.5 Å². The van der Waals surface area contributed by atoms with E-state index in [1.54, 1.807) is 11.3 Å². The van der Waals surface area contributed by atoms with E-state index < -0.39 is 6.10 Å². The molecule has 0 saturated heterocycles. The van der Waals surface area contributed by atoms with E-state index in [0.29, 0.717) is 6.61 Å². The minimum absolute atomic E-state index is 0.297. The zero-order chi connectivity index (χ0) is 13.0. The molecule has 0 fully saturated rings. The molecule has 96 valence electrons. The van der Waals surface area contributed by atoms with Crippen molar-refractivity contribution in [2.75, 3.05) is 6.61 Å². The molecule has 0 aliphatic carbocycles. The first-order valence-corrected chi connectivity index (χ1v) is 6.95. The van der Waals surface area contributed by atoms with E-state index in [0.717, 1.165) is 10.4 Å². The van der Waals surface area contributed by atoms with Crippen LogP contribution in [0.2, 0.25) is 0 Å². The summed E-state index contributed by atoms with van der Waals surface area (Å²) in [6.07, 6.45) is -0.903. The average Bonchev–Trinajstić information content (AvgIpc) is 2.83. The van der Waals surface area contributed by atoms with Crippen LogP contribution in [0, 0.1) is 6.92 Å². The predicted octanol–water partition coefficient (Wildman–Crippen LogP) is 3.87. The van der Waals surface area contributed by atoms with Crippen LogP contribution in [0.3, 0.4) is 0 Å². The minimum atomic E-state index is -0.606. The molecule has 3 heteroatoms. The Balaban J connectivity index is 2.25. The summed E-state index contributed by atoms with van der Waals surface area (Å²) >= 11 is 1.61. The number of thiophene rings is 1. The molecule has 0 aliphatic heterocycles. The molecule has 1 heterocycles. The maximum Gasteiger partial charge on any atom is 0.118 e. The Morgan fingerprint density at radius 3 is 2.44 bits per heavy atom. The van der Waals surface area contributed by atoms with Crippen LogP contribution < -0.4 is 0 Å². The largest absolute Gasteiger partial charge is 0.384 e. The highest BCUT2D eigenvalue weighted by Crippen LogP contribution is 2.35. The first-order valence-electron chi connectivity index (χ1n) is 6.13. The number of aliphatic hydroxyl groups excluding tert-OH is 1. The van der Waals surface area contributed by atoms with Crippen LogP contribution in [0.5, 0.6) is 0 Å². The number of aliphatic hydroxyl groups is 1. The highest BCUT2D eigenvalue weighted by molar-refractivity contribution is 7.12. The zero-order valence-corrected chi connectivity index (χ0v) is 11.5. The summed E-state index contributed by atoms with van der Waals surface area (Å²) in [6.45, 7) is 4.57. The standard InChI is InChI=1S/C15H18O2S/c1-3-17-15(12-7-5-4-6-8-12)14(16)13-10-9-11(2)18-13/h4-10,14-16H,3H2,1-2H3. The number of aryl methyl sites for hydroxylation is 1. The fourth-order valence-corrected chi connectivity index (χ4v) is 2.84. The van der Waals surface area contributed by atoms with E-state index in [-0.39, 0.29) is 6.10 Å². The van der Waals surface area contributed by atoms with Crippen molar-refractivity contribution in [3.8, 4) is 0 Å². The molecule has 2 aromatic rings. The van der Waals surface area contributed by atoms with Gasteiger partial charge in [-0.25, -0.2) is 0 Å². The summed E-state index contributed by atoms with van der Waals surface area (Å²) in [4.78, 5) is 2.15. The van der Waals surface area contributed by atoms with Crippen LogP contribution in [0.25, 0.3) is 0 Å². The molecule has 0 saturated carbocycles. The fraction of sp³-hybridized carbons (Fsp3) is 0.333. The lowest BCUT2D eigenvalue weighted by Crippen LogP contribution is -2.13. The summed E-state index contributed by atoms with van der Waals surface area (Å²) < 4.78 is 5.71. The summed E-state index contributed by atoms with van der Waals surface area (Å²) in [7, 11) is 0. The second-order valence-corrected chi connectivity index (χ2v) is 5.50. The molecular formula is C15H18O2S. The third kappa shape index (κ3) is 2.99. The maximum atomic E-state index is 10.5. The summed E-state index contributed by atoms with van der Waals surface area (Å²) in [6, 6.07) is 13.9. The van der Waals surface area contributed by atoms with Gasteiger partial charge < -0.3 is 9.84 Å². The Bertz CT molecular complexity index is 478. The van der Waals surface area contributed by atoms with Crippen molar-refractivity contribution >= 4 is 11.3 Å². The van der Waals surface area contributed by atoms with Gasteiger partial charge in [-0.05, 0) is 31.5 Å². The number of hydrogen-bond acceptors (Lipinski definition) is 3. The molecular weight excluding hydrogens is 244 g/mol. The Kier molecular flexibility index (Phi) is 4.53. The Labute approximate surface area is 112 Å². The van der Waals surface area contributed by atoms with Crippen molar-refractivity contribution in [2.24, 2.45) is 0 Å². The number of benzene rings is 1. The lowest BCUT2D eigenvalue weighted by atomic mass is 10.0. The molecule has 0 bridgehead atoms. The smallest absolute Gasteiger partial charge is 0.118 e. The summed E-state index contributed by atoms with van der Waals surface area (Å²) in [5, 5.41) is 10.5. The van der Waals surface area contributed by atoms with Gasteiger partial charge in [0, 0.05) is 16.4 Å². The van der Waals surface area contributed by atoms with E-state index in [1.807, 2.05) is 56.3 Å². The number of rotatable bonds is 5. The predicted molar refractivity (Wildman–Crippen MR) is 74.8 cm³/mol. The molecule has 1 aromatic carbocycles. The third-order valence-electron chi connectivity index (χ3n) is 2.81. The Morgan fingerprint density at radius 2 is 1.89 bits per heavy atom. The molecule has 1 N–H and O–H groups in total. The van der Waals surface area contributed by atoms with Crippen LogP contribution in [0.1, 0.15) is 34.4 Å². The summed E-state index contributed by atoms with van der Waals surface area (Å²) in [5.41, 5.74) is 1.01. The van der Waals surface area contributed by atoms with Crippen molar-refractivity contribution in [1.29, 1.82) is 0 Å². The quantitative estimate of drug-likeness (QED) is 0.886. The SMILES string of the molecule is CCOC(c1ccccc1)C(O)c1ccc(C)s1. The van der Waals surface area contributed by atoms with Gasteiger partial charge in [-0.2, -0.15) is 0 Å². The van der Waals surface area contributed by atoms with Gasteiger partial charge in [0.15, 0.2) is 0 Å². The van der Waals surface area contributed by atoms with Crippen molar-refractivity contribution in [2.45, 2.75) is 26.1 Å². The highest BCUT2D eigenvalue weighted by Gasteiger charge is 2.24.